The van der Waals surface area contributed by atoms with Gasteiger partial charge in [0.1, 0.15) is 5.75 Å². The molecule has 0 heterocycles. The number of amides is 2. The fourth-order valence-electron chi connectivity index (χ4n) is 2.61. The molecule has 0 aliphatic rings. The van der Waals surface area contributed by atoms with E-state index >= 15 is 0 Å². The molecule has 2 rings (SSSR count). The average Bonchev–Trinajstić information content (AvgIpc) is 2.69. The smallest absolute Gasteiger partial charge is 0.314 e. The third-order valence-corrected chi connectivity index (χ3v) is 4.17. The number of nitrogens with one attached hydrogen (secondary N) is 2. The van der Waals surface area contributed by atoms with Gasteiger partial charge in [-0.1, -0.05) is 42.0 Å². The number of benzene rings is 2. The van der Waals surface area contributed by atoms with Crippen molar-refractivity contribution < 1.29 is 19.4 Å². The highest BCUT2D eigenvalue weighted by Gasteiger charge is 2.13. The summed E-state index contributed by atoms with van der Waals surface area (Å²) in [5, 5.41) is 14.7. The molecule has 0 aromatic heterocycles. The molecule has 1 unspecified atom stereocenters. The van der Waals surface area contributed by atoms with Gasteiger partial charge in [0.15, 0.2) is 0 Å². The second-order valence-electron chi connectivity index (χ2n) is 6.23. The molecule has 27 heavy (non-hydrogen) atoms. The maximum absolute atomic E-state index is 12.1. The number of methoxy groups -OCH3 is 1. The lowest BCUT2D eigenvalue weighted by molar-refractivity contribution is 0.0294. The van der Waals surface area contributed by atoms with Gasteiger partial charge < -0.3 is 25.2 Å². The van der Waals surface area contributed by atoms with E-state index in [0.717, 1.165) is 28.9 Å². The van der Waals surface area contributed by atoms with Crippen LogP contribution in [0.3, 0.4) is 0 Å². The minimum Gasteiger partial charge on any atom is -0.497 e. The molecule has 2 amide bonds. The number of urea groups is 1. The summed E-state index contributed by atoms with van der Waals surface area (Å²) in [5.41, 5.74) is 3.25. The van der Waals surface area contributed by atoms with Crippen LogP contribution in [0, 0.1) is 6.92 Å². The maximum Gasteiger partial charge on any atom is 0.314 e. The van der Waals surface area contributed by atoms with Crippen LogP contribution in [-0.4, -0.2) is 44.6 Å². The number of carbonyl (C=O) groups is 1. The van der Waals surface area contributed by atoms with E-state index in [9.17, 15) is 4.79 Å². The fourth-order valence-corrected chi connectivity index (χ4v) is 2.61. The fraction of sp³-hybridized carbons (Fsp3) is 0.381. The summed E-state index contributed by atoms with van der Waals surface area (Å²) in [5.74, 6) is 0.814. The number of aryl methyl sites for hydroxylation is 1. The minimum absolute atomic E-state index is 0.0591. The quantitative estimate of drug-likeness (QED) is 0.599. The highest BCUT2D eigenvalue weighted by molar-refractivity contribution is 5.73. The van der Waals surface area contributed by atoms with E-state index in [-0.39, 0.29) is 25.3 Å². The first-order valence-electron chi connectivity index (χ1n) is 9.06. The zero-order valence-corrected chi connectivity index (χ0v) is 15.9. The number of hydrogen-bond acceptors (Lipinski definition) is 4. The average molecular weight is 372 g/mol. The Morgan fingerprint density at radius 2 is 1.78 bits per heavy atom. The summed E-state index contributed by atoms with van der Waals surface area (Å²) in [6, 6.07) is 15.5. The molecule has 0 aliphatic heterocycles. The molecule has 0 spiro atoms. The van der Waals surface area contributed by atoms with Crippen LogP contribution in [0.4, 0.5) is 4.79 Å². The van der Waals surface area contributed by atoms with Crippen LogP contribution in [-0.2, 0) is 11.2 Å². The molecule has 2 aromatic carbocycles. The molecule has 0 radical (unpaired) electrons. The Balaban J connectivity index is 1.77. The van der Waals surface area contributed by atoms with Crippen molar-refractivity contribution in [2.75, 3.05) is 33.4 Å². The van der Waals surface area contributed by atoms with Crippen LogP contribution < -0.4 is 15.4 Å². The van der Waals surface area contributed by atoms with E-state index in [0.29, 0.717) is 13.1 Å². The monoisotopic (exact) mass is 372 g/mol. The Hall–Kier alpha value is -2.57. The number of ether oxygens (including phenoxy) is 2. The third-order valence-electron chi connectivity index (χ3n) is 4.17. The molecule has 2 aromatic rings. The zero-order valence-electron chi connectivity index (χ0n) is 15.9. The molecule has 6 nitrogen and oxygen atoms in total. The van der Waals surface area contributed by atoms with Crippen molar-refractivity contribution in [2.24, 2.45) is 0 Å². The van der Waals surface area contributed by atoms with Crippen molar-refractivity contribution in [1.29, 1.82) is 0 Å². The van der Waals surface area contributed by atoms with E-state index in [1.165, 1.54) is 0 Å². The second kappa shape index (κ2) is 11.2. The van der Waals surface area contributed by atoms with Crippen LogP contribution in [0.2, 0.25) is 0 Å². The number of rotatable bonds is 10. The molecule has 0 fully saturated rings. The van der Waals surface area contributed by atoms with Gasteiger partial charge in [-0.25, -0.2) is 4.79 Å². The Kier molecular flexibility index (Phi) is 8.61. The first kappa shape index (κ1) is 20.7. The van der Waals surface area contributed by atoms with Gasteiger partial charge in [0.2, 0.25) is 0 Å². The van der Waals surface area contributed by atoms with E-state index in [4.69, 9.17) is 14.6 Å². The van der Waals surface area contributed by atoms with E-state index in [2.05, 4.69) is 10.6 Å². The molecule has 0 bridgehead atoms. The first-order chi connectivity index (χ1) is 13.1. The zero-order chi connectivity index (χ0) is 19.5. The Morgan fingerprint density at radius 3 is 2.41 bits per heavy atom. The van der Waals surface area contributed by atoms with Crippen LogP contribution >= 0.6 is 0 Å². The van der Waals surface area contributed by atoms with Gasteiger partial charge in [-0.05, 0) is 36.6 Å². The van der Waals surface area contributed by atoms with Crippen molar-refractivity contribution in [3.05, 3.63) is 65.2 Å². The predicted molar refractivity (Wildman–Crippen MR) is 105 cm³/mol. The molecule has 3 N–H and O–H groups in total. The van der Waals surface area contributed by atoms with Crippen LogP contribution in [0.1, 0.15) is 22.8 Å². The lowest BCUT2D eigenvalue weighted by atomic mass is 10.1. The molecule has 6 heteroatoms. The van der Waals surface area contributed by atoms with Crippen LogP contribution in [0.15, 0.2) is 48.5 Å². The van der Waals surface area contributed by atoms with E-state index in [1.807, 2.05) is 55.5 Å². The second-order valence-corrected chi connectivity index (χ2v) is 6.23. The lowest BCUT2D eigenvalue weighted by Crippen LogP contribution is -2.39. The molecule has 146 valence electrons. The van der Waals surface area contributed by atoms with Crippen molar-refractivity contribution in [1.82, 2.24) is 10.6 Å². The summed E-state index contributed by atoms with van der Waals surface area (Å²) >= 11 is 0. The number of aliphatic hydroxyl groups is 1. The maximum atomic E-state index is 12.1. The standard InChI is InChI=1S/C21H28N2O4/c1-16-3-7-18(8-4-16)20(27-14-13-24)15-23-21(25)22-12-11-17-5-9-19(26-2)10-6-17/h3-10,20,24H,11-15H2,1-2H3,(H2,22,23,25). The molecule has 1 atom stereocenters. The summed E-state index contributed by atoms with van der Waals surface area (Å²) in [6.45, 7) is 3.04. The third kappa shape index (κ3) is 7.29. The van der Waals surface area contributed by atoms with Gasteiger partial charge in [0.25, 0.3) is 0 Å². The van der Waals surface area contributed by atoms with Gasteiger partial charge in [-0.15, -0.1) is 0 Å². The minimum atomic E-state index is -0.301. The van der Waals surface area contributed by atoms with Gasteiger partial charge in [-0.3, -0.25) is 0 Å². The molecular formula is C21H28N2O4. The van der Waals surface area contributed by atoms with Gasteiger partial charge in [-0.2, -0.15) is 0 Å². The Labute approximate surface area is 160 Å². The summed E-state index contributed by atoms with van der Waals surface area (Å²) in [7, 11) is 1.63. The van der Waals surface area contributed by atoms with Crippen LogP contribution in [0.25, 0.3) is 0 Å². The molecule has 0 saturated heterocycles. The highest BCUT2D eigenvalue weighted by atomic mass is 16.5. The largest absolute Gasteiger partial charge is 0.497 e. The number of hydrogen-bond donors (Lipinski definition) is 3. The summed E-state index contributed by atoms with van der Waals surface area (Å²) < 4.78 is 10.8. The summed E-state index contributed by atoms with van der Waals surface area (Å²) in [4.78, 5) is 12.1. The highest BCUT2D eigenvalue weighted by Crippen LogP contribution is 2.17. The van der Waals surface area contributed by atoms with Gasteiger partial charge in [0.05, 0.1) is 26.4 Å². The van der Waals surface area contributed by atoms with Gasteiger partial charge >= 0.3 is 6.03 Å². The SMILES string of the molecule is COc1ccc(CCNC(=O)NCC(OCCO)c2ccc(C)cc2)cc1. The summed E-state index contributed by atoms with van der Waals surface area (Å²) in [6.07, 6.45) is 0.435. The number of aliphatic hydroxyl groups excluding tert-OH is 1. The van der Waals surface area contributed by atoms with Crippen molar-refractivity contribution >= 4 is 6.03 Å². The molecule has 0 aliphatic carbocycles. The van der Waals surface area contributed by atoms with Crippen molar-refractivity contribution in [2.45, 2.75) is 19.4 Å². The van der Waals surface area contributed by atoms with Crippen molar-refractivity contribution in [3.8, 4) is 5.75 Å². The van der Waals surface area contributed by atoms with Crippen LogP contribution in [0.5, 0.6) is 5.75 Å². The van der Waals surface area contributed by atoms with Crippen molar-refractivity contribution in [3.63, 3.8) is 0 Å². The van der Waals surface area contributed by atoms with E-state index in [1.54, 1.807) is 7.11 Å². The number of carbonyl (C=O) groups excluding carboxylic acids is 1. The lowest BCUT2D eigenvalue weighted by Gasteiger charge is -2.19. The Morgan fingerprint density at radius 1 is 1.07 bits per heavy atom. The normalized spacial score (nSPS) is 11.7. The molecule has 0 saturated carbocycles. The van der Waals surface area contributed by atoms with E-state index < -0.39 is 0 Å². The predicted octanol–water partition coefficient (Wildman–Crippen LogP) is 2.60. The molecular weight excluding hydrogens is 344 g/mol. The van der Waals surface area contributed by atoms with Gasteiger partial charge in [0, 0.05) is 13.1 Å². The topological polar surface area (TPSA) is 79.8 Å². The first-order valence-corrected chi connectivity index (χ1v) is 9.06. The Bertz CT molecular complexity index is 686.